The Hall–Kier alpha value is -2.11. The number of rotatable bonds is 5. The molecule has 1 fully saturated rings. The highest BCUT2D eigenvalue weighted by Crippen LogP contribution is 2.13. The molecule has 0 radical (unpaired) electrons. The van der Waals surface area contributed by atoms with Gasteiger partial charge in [-0.05, 0) is 43.3 Å². The van der Waals surface area contributed by atoms with Crippen LogP contribution in [0.5, 0.6) is 0 Å². The number of nitrogens with one attached hydrogen (secondary N) is 1. The summed E-state index contributed by atoms with van der Waals surface area (Å²) in [5, 5.41) is 4.03. The second-order valence-corrected chi connectivity index (χ2v) is 6.76. The fraction of sp³-hybridized carbons (Fsp3) is 0.368. The smallest absolute Gasteiger partial charge is 0.254 e. The van der Waals surface area contributed by atoms with Crippen molar-refractivity contribution in [3.05, 3.63) is 58.7 Å². The van der Waals surface area contributed by atoms with Crippen molar-refractivity contribution in [3.8, 4) is 0 Å². The van der Waals surface area contributed by atoms with E-state index in [1.165, 1.54) is 5.56 Å². The van der Waals surface area contributed by atoms with Crippen LogP contribution < -0.4 is 5.32 Å². The Bertz CT molecular complexity index is 712. The normalized spacial score (nSPS) is 15.2. The first-order valence-corrected chi connectivity index (χ1v) is 8.92. The highest BCUT2D eigenvalue weighted by molar-refractivity contribution is 6.30. The molecule has 25 heavy (non-hydrogen) atoms. The molecule has 0 aliphatic carbocycles. The molecule has 0 atom stereocenters. The van der Waals surface area contributed by atoms with E-state index >= 15 is 0 Å². The molecule has 0 spiro atoms. The van der Waals surface area contributed by atoms with Crippen LogP contribution in [-0.2, 0) is 6.42 Å². The lowest BCUT2D eigenvalue weighted by molar-refractivity contribution is 0.0664. The van der Waals surface area contributed by atoms with Crippen molar-refractivity contribution in [2.75, 3.05) is 45.1 Å². The van der Waals surface area contributed by atoms with Gasteiger partial charge in [-0.25, -0.2) is 4.98 Å². The van der Waals surface area contributed by atoms with E-state index in [2.05, 4.69) is 22.2 Å². The van der Waals surface area contributed by atoms with Gasteiger partial charge in [-0.2, -0.15) is 0 Å². The Kier molecular flexibility index (Phi) is 5.89. The van der Waals surface area contributed by atoms with Crippen molar-refractivity contribution in [3.63, 3.8) is 0 Å². The molecule has 5 nitrogen and oxygen atoms in total. The molecule has 0 bridgehead atoms. The van der Waals surface area contributed by atoms with E-state index in [0.29, 0.717) is 5.56 Å². The first-order chi connectivity index (χ1) is 12.1. The van der Waals surface area contributed by atoms with E-state index in [1.807, 2.05) is 35.2 Å². The maximum atomic E-state index is 12.6. The van der Waals surface area contributed by atoms with Crippen LogP contribution in [0.3, 0.4) is 0 Å². The Balaban J connectivity index is 1.55. The van der Waals surface area contributed by atoms with Gasteiger partial charge in [0.15, 0.2) is 0 Å². The molecule has 1 aromatic heterocycles. The van der Waals surface area contributed by atoms with Crippen LogP contribution in [0, 0.1) is 0 Å². The zero-order valence-electron chi connectivity index (χ0n) is 14.4. The van der Waals surface area contributed by atoms with Crippen molar-refractivity contribution in [1.82, 2.24) is 14.8 Å². The van der Waals surface area contributed by atoms with Gasteiger partial charge in [-0.15, -0.1) is 0 Å². The number of aromatic nitrogens is 1. The third-order valence-corrected chi connectivity index (χ3v) is 4.68. The molecule has 6 heteroatoms. The molecule has 1 amide bonds. The van der Waals surface area contributed by atoms with E-state index < -0.39 is 0 Å². The molecular formula is C19H23ClN4O. The topological polar surface area (TPSA) is 48.5 Å². The highest BCUT2D eigenvalue weighted by Gasteiger charge is 2.20. The molecule has 132 valence electrons. The van der Waals surface area contributed by atoms with Crippen molar-refractivity contribution >= 4 is 23.3 Å². The maximum absolute atomic E-state index is 12.6. The number of carbonyl (C=O) groups is 1. The van der Waals surface area contributed by atoms with Crippen LogP contribution in [0.25, 0.3) is 0 Å². The summed E-state index contributed by atoms with van der Waals surface area (Å²) in [6.45, 7) is 4.14. The van der Waals surface area contributed by atoms with Gasteiger partial charge in [0, 0.05) is 49.5 Å². The second kappa shape index (κ2) is 8.32. The minimum atomic E-state index is 0.0799. The molecule has 1 aliphatic rings. The van der Waals surface area contributed by atoms with Crippen molar-refractivity contribution < 1.29 is 4.79 Å². The predicted molar refractivity (Wildman–Crippen MR) is 101 cm³/mol. The molecule has 1 aliphatic heterocycles. The fourth-order valence-electron chi connectivity index (χ4n) is 2.84. The standard InChI is InChI=1S/C19H23ClN4O/c1-23-10-12-24(13-11-23)19(25)16-7-9-22-18(14-16)21-8-6-15-2-4-17(20)5-3-15/h2-5,7,9,14H,6,8,10-13H2,1H3,(H,21,22). The van der Waals surface area contributed by atoms with Crippen molar-refractivity contribution in [2.45, 2.75) is 6.42 Å². The van der Waals surface area contributed by atoms with E-state index in [9.17, 15) is 4.79 Å². The molecule has 1 saturated heterocycles. The number of halogens is 1. The van der Waals surface area contributed by atoms with Crippen LogP contribution in [0.15, 0.2) is 42.6 Å². The molecule has 1 aromatic carbocycles. The zero-order chi connectivity index (χ0) is 17.6. The molecule has 0 saturated carbocycles. The molecule has 2 aromatic rings. The Morgan fingerprint density at radius 2 is 1.88 bits per heavy atom. The van der Waals surface area contributed by atoms with Gasteiger partial charge in [0.2, 0.25) is 0 Å². The summed E-state index contributed by atoms with van der Waals surface area (Å²) in [5.41, 5.74) is 1.90. The summed E-state index contributed by atoms with van der Waals surface area (Å²) >= 11 is 5.90. The van der Waals surface area contributed by atoms with Gasteiger partial charge in [-0.1, -0.05) is 23.7 Å². The summed E-state index contributed by atoms with van der Waals surface area (Å²) < 4.78 is 0. The van der Waals surface area contributed by atoms with Crippen molar-refractivity contribution in [2.24, 2.45) is 0 Å². The third-order valence-electron chi connectivity index (χ3n) is 4.43. The van der Waals surface area contributed by atoms with E-state index in [-0.39, 0.29) is 5.91 Å². The number of benzene rings is 1. The van der Waals surface area contributed by atoms with Gasteiger partial charge in [0.25, 0.3) is 5.91 Å². The van der Waals surface area contributed by atoms with Gasteiger partial charge in [0.1, 0.15) is 5.82 Å². The summed E-state index contributed by atoms with van der Waals surface area (Å²) in [7, 11) is 2.08. The SMILES string of the molecule is CN1CCN(C(=O)c2ccnc(NCCc3ccc(Cl)cc3)c2)CC1. The number of carbonyl (C=O) groups excluding carboxylic acids is 1. The quantitative estimate of drug-likeness (QED) is 0.892. The number of hydrogen-bond donors (Lipinski definition) is 1. The van der Waals surface area contributed by atoms with Gasteiger partial charge in [0.05, 0.1) is 0 Å². The van der Waals surface area contributed by atoms with Crippen LogP contribution in [-0.4, -0.2) is 60.5 Å². The van der Waals surface area contributed by atoms with E-state index in [4.69, 9.17) is 11.6 Å². The lowest BCUT2D eigenvalue weighted by Crippen LogP contribution is -2.47. The van der Waals surface area contributed by atoms with E-state index in [0.717, 1.165) is 50.0 Å². The Morgan fingerprint density at radius 3 is 2.60 bits per heavy atom. The number of hydrogen-bond acceptors (Lipinski definition) is 4. The average molecular weight is 359 g/mol. The zero-order valence-corrected chi connectivity index (χ0v) is 15.2. The number of amides is 1. The van der Waals surface area contributed by atoms with Crippen molar-refractivity contribution in [1.29, 1.82) is 0 Å². The summed E-state index contributed by atoms with van der Waals surface area (Å²) in [6.07, 6.45) is 2.56. The minimum Gasteiger partial charge on any atom is -0.370 e. The minimum absolute atomic E-state index is 0.0799. The van der Waals surface area contributed by atoms with Gasteiger partial charge in [-0.3, -0.25) is 4.79 Å². The maximum Gasteiger partial charge on any atom is 0.254 e. The summed E-state index contributed by atoms with van der Waals surface area (Å²) in [5.74, 6) is 0.810. The van der Waals surface area contributed by atoms with Crippen LogP contribution in [0.1, 0.15) is 15.9 Å². The van der Waals surface area contributed by atoms with E-state index in [1.54, 1.807) is 12.3 Å². The number of nitrogens with zero attached hydrogens (tertiary/aromatic N) is 3. The Morgan fingerprint density at radius 1 is 1.16 bits per heavy atom. The van der Waals surface area contributed by atoms with Crippen LogP contribution in [0.4, 0.5) is 5.82 Å². The molecule has 2 heterocycles. The number of anilines is 1. The molecule has 1 N–H and O–H groups in total. The second-order valence-electron chi connectivity index (χ2n) is 6.33. The Labute approximate surface area is 153 Å². The summed E-state index contributed by atoms with van der Waals surface area (Å²) in [6, 6.07) is 11.4. The fourth-order valence-corrected chi connectivity index (χ4v) is 2.96. The first-order valence-electron chi connectivity index (χ1n) is 8.54. The average Bonchev–Trinajstić information content (AvgIpc) is 2.64. The molecular weight excluding hydrogens is 336 g/mol. The predicted octanol–water partition coefficient (Wildman–Crippen LogP) is 2.78. The van der Waals surface area contributed by atoms with Crippen LogP contribution >= 0.6 is 11.6 Å². The molecule has 0 unspecified atom stereocenters. The number of pyridine rings is 1. The largest absolute Gasteiger partial charge is 0.370 e. The third kappa shape index (κ3) is 4.94. The van der Waals surface area contributed by atoms with Gasteiger partial charge >= 0.3 is 0 Å². The van der Waals surface area contributed by atoms with Crippen LogP contribution in [0.2, 0.25) is 5.02 Å². The summed E-state index contributed by atoms with van der Waals surface area (Å²) in [4.78, 5) is 21.1. The lowest BCUT2D eigenvalue weighted by Gasteiger charge is -2.32. The number of piperazine rings is 1. The lowest BCUT2D eigenvalue weighted by atomic mass is 10.1. The number of likely N-dealkylation sites (N-methyl/N-ethyl adjacent to an activating group) is 1. The van der Waals surface area contributed by atoms with Gasteiger partial charge < -0.3 is 15.1 Å². The first kappa shape index (κ1) is 17.7. The molecule has 3 rings (SSSR count). The monoisotopic (exact) mass is 358 g/mol. The highest BCUT2D eigenvalue weighted by atomic mass is 35.5.